The van der Waals surface area contributed by atoms with Gasteiger partial charge in [-0.1, -0.05) is 12.1 Å². The molecule has 3 rings (SSSR count). The fourth-order valence-corrected chi connectivity index (χ4v) is 3.13. The third kappa shape index (κ3) is 2.93. The van der Waals surface area contributed by atoms with Gasteiger partial charge in [-0.05, 0) is 12.0 Å². The van der Waals surface area contributed by atoms with Crippen LogP contribution in [0.15, 0.2) is 35.5 Å². The van der Waals surface area contributed by atoms with Crippen LogP contribution in [0.5, 0.6) is 0 Å². The number of nitrogens with zero attached hydrogens (tertiary/aromatic N) is 3. The first-order valence-electron chi connectivity index (χ1n) is 7.85. The van der Waals surface area contributed by atoms with Gasteiger partial charge in [0.05, 0.1) is 28.8 Å². The summed E-state index contributed by atoms with van der Waals surface area (Å²) >= 11 is 0. The summed E-state index contributed by atoms with van der Waals surface area (Å²) in [4.78, 5) is 38.5. The van der Waals surface area contributed by atoms with Crippen molar-refractivity contribution in [3.63, 3.8) is 0 Å². The molecule has 9 nitrogen and oxygen atoms in total. The Balaban J connectivity index is 1.99. The second kappa shape index (κ2) is 6.52. The third-order valence-electron chi connectivity index (χ3n) is 4.44. The molecule has 9 heteroatoms. The van der Waals surface area contributed by atoms with Crippen molar-refractivity contribution in [3.8, 4) is 0 Å². The number of carbonyl (C=O) groups is 2. The summed E-state index contributed by atoms with van der Waals surface area (Å²) in [5.41, 5.74) is 1.39. The van der Waals surface area contributed by atoms with Crippen LogP contribution in [0.2, 0.25) is 0 Å². The van der Waals surface area contributed by atoms with Crippen LogP contribution in [0.4, 0.5) is 10.5 Å². The molecule has 1 unspecified atom stereocenters. The van der Waals surface area contributed by atoms with Crippen LogP contribution < -0.4 is 5.32 Å². The van der Waals surface area contributed by atoms with Gasteiger partial charge >= 0.3 is 6.03 Å². The normalized spacial score (nSPS) is 20.0. The zero-order valence-electron chi connectivity index (χ0n) is 13.6. The molecule has 2 aliphatic heterocycles. The fraction of sp³-hybridized carbons (Fsp3) is 0.375. The van der Waals surface area contributed by atoms with Crippen LogP contribution in [0, 0.1) is 10.1 Å². The van der Waals surface area contributed by atoms with Gasteiger partial charge < -0.3 is 15.3 Å². The SMILES string of the molecule is CN1C(=O)NC(c2cccc([N+](=O)[O-])c2)C2=C1CN(CCCO)C2=O. The molecule has 0 saturated carbocycles. The lowest BCUT2D eigenvalue weighted by molar-refractivity contribution is -0.384. The smallest absolute Gasteiger partial charge is 0.322 e. The Labute approximate surface area is 143 Å². The maximum Gasteiger partial charge on any atom is 0.322 e. The summed E-state index contributed by atoms with van der Waals surface area (Å²) in [5, 5.41) is 22.7. The predicted octanol–water partition coefficient (Wildman–Crippen LogP) is 0.770. The topological polar surface area (TPSA) is 116 Å². The van der Waals surface area contributed by atoms with Gasteiger partial charge in [-0.15, -0.1) is 0 Å². The van der Waals surface area contributed by atoms with Crippen molar-refractivity contribution >= 4 is 17.6 Å². The van der Waals surface area contributed by atoms with Crippen molar-refractivity contribution < 1.29 is 19.6 Å². The lowest BCUT2D eigenvalue weighted by atomic mass is 9.95. The molecule has 0 aliphatic carbocycles. The summed E-state index contributed by atoms with van der Waals surface area (Å²) in [7, 11) is 1.58. The van der Waals surface area contributed by atoms with Gasteiger partial charge in [-0.25, -0.2) is 4.79 Å². The van der Waals surface area contributed by atoms with Crippen LogP contribution in [0.3, 0.4) is 0 Å². The predicted molar refractivity (Wildman–Crippen MR) is 87.4 cm³/mol. The molecule has 0 aromatic heterocycles. The lowest BCUT2D eigenvalue weighted by Gasteiger charge is -2.31. The first kappa shape index (κ1) is 16.9. The number of carbonyl (C=O) groups excluding carboxylic acids is 2. The molecule has 0 radical (unpaired) electrons. The minimum atomic E-state index is -0.731. The van der Waals surface area contributed by atoms with E-state index in [2.05, 4.69) is 5.32 Å². The number of aliphatic hydroxyl groups excluding tert-OH is 1. The molecule has 0 fully saturated rings. The summed E-state index contributed by atoms with van der Waals surface area (Å²) in [6, 6.07) is 4.81. The van der Waals surface area contributed by atoms with Gasteiger partial charge in [0, 0.05) is 32.3 Å². The van der Waals surface area contributed by atoms with Crippen molar-refractivity contribution in [2.75, 3.05) is 26.7 Å². The van der Waals surface area contributed by atoms with E-state index in [1.54, 1.807) is 18.0 Å². The number of hydrogen-bond acceptors (Lipinski definition) is 5. The van der Waals surface area contributed by atoms with Crippen molar-refractivity contribution in [1.29, 1.82) is 0 Å². The molecule has 132 valence electrons. The highest BCUT2D eigenvalue weighted by Crippen LogP contribution is 2.36. The quantitative estimate of drug-likeness (QED) is 0.603. The summed E-state index contributed by atoms with van der Waals surface area (Å²) in [6.07, 6.45) is 0.443. The summed E-state index contributed by atoms with van der Waals surface area (Å²) < 4.78 is 0. The Morgan fingerprint density at radius 2 is 2.16 bits per heavy atom. The van der Waals surface area contributed by atoms with Crippen LogP contribution >= 0.6 is 0 Å². The molecule has 2 N–H and O–H groups in total. The van der Waals surface area contributed by atoms with E-state index in [1.165, 1.54) is 23.1 Å². The van der Waals surface area contributed by atoms with Gasteiger partial charge in [0.2, 0.25) is 0 Å². The molecule has 3 amide bonds. The van der Waals surface area contributed by atoms with Crippen molar-refractivity contribution in [2.24, 2.45) is 0 Å². The molecular weight excluding hydrogens is 328 g/mol. The van der Waals surface area contributed by atoms with Crippen molar-refractivity contribution in [1.82, 2.24) is 15.1 Å². The number of hydrogen-bond donors (Lipinski definition) is 2. The molecular formula is C16H18N4O5. The number of amides is 3. The number of nitro groups is 1. The Morgan fingerprint density at radius 3 is 2.84 bits per heavy atom. The van der Waals surface area contributed by atoms with Crippen LogP contribution in [-0.2, 0) is 4.79 Å². The number of benzene rings is 1. The number of nitro benzene ring substituents is 1. The average Bonchev–Trinajstić information content (AvgIpc) is 2.93. The lowest BCUT2D eigenvalue weighted by Crippen LogP contribution is -2.45. The van der Waals surface area contributed by atoms with Crippen LogP contribution in [0.25, 0.3) is 0 Å². The van der Waals surface area contributed by atoms with Gasteiger partial charge in [0.25, 0.3) is 11.6 Å². The highest BCUT2D eigenvalue weighted by atomic mass is 16.6. The third-order valence-corrected chi connectivity index (χ3v) is 4.44. The zero-order chi connectivity index (χ0) is 18.1. The van der Waals surface area contributed by atoms with Crippen LogP contribution in [-0.4, -0.2) is 58.5 Å². The van der Waals surface area contributed by atoms with E-state index in [-0.39, 0.29) is 30.8 Å². The molecule has 2 aliphatic rings. The van der Waals surface area contributed by atoms with E-state index in [0.29, 0.717) is 29.8 Å². The summed E-state index contributed by atoms with van der Waals surface area (Å²) in [6.45, 7) is 0.630. The standard InChI is InChI=1S/C16H18N4O5/c1-18-12-9-19(6-3-7-21)15(22)13(12)14(17-16(18)23)10-4-2-5-11(8-10)20(24)25/h2,4-5,8,14,21H,3,6-7,9H2,1H3,(H,17,23). The summed E-state index contributed by atoms with van der Waals surface area (Å²) in [5.74, 6) is -0.230. The molecule has 0 spiro atoms. The second-order valence-corrected chi connectivity index (χ2v) is 5.96. The maximum atomic E-state index is 12.8. The van der Waals surface area contributed by atoms with E-state index in [0.717, 1.165) is 0 Å². The van der Waals surface area contributed by atoms with Gasteiger partial charge in [-0.3, -0.25) is 19.8 Å². The first-order chi connectivity index (χ1) is 11.9. The molecule has 2 heterocycles. The molecule has 1 aromatic rings. The fourth-order valence-electron chi connectivity index (χ4n) is 3.13. The monoisotopic (exact) mass is 346 g/mol. The number of urea groups is 1. The Hall–Kier alpha value is -2.94. The number of non-ortho nitro benzene ring substituents is 1. The Bertz CT molecular complexity index is 776. The number of aliphatic hydroxyl groups is 1. The molecule has 1 aromatic carbocycles. The average molecular weight is 346 g/mol. The minimum Gasteiger partial charge on any atom is -0.396 e. The van der Waals surface area contributed by atoms with Gasteiger partial charge in [-0.2, -0.15) is 0 Å². The Morgan fingerprint density at radius 1 is 1.40 bits per heavy atom. The molecule has 0 saturated heterocycles. The largest absolute Gasteiger partial charge is 0.396 e. The Kier molecular flexibility index (Phi) is 4.41. The first-order valence-corrected chi connectivity index (χ1v) is 7.85. The van der Waals surface area contributed by atoms with Crippen LogP contribution in [0.1, 0.15) is 18.0 Å². The highest BCUT2D eigenvalue weighted by molar-refractivity contribution is 6.01. The molecule has 0 bridgehead atoms. The second-order valence-electron chi connectivity index (χ2n) is 5.96. The molecule has 1 atom stereocenters. The van der Waals surface area contributed by atoms with Crippen molar-refractivity contribution in [3.05, 3.63) is 51.2 Å². The van der Waals surface area contributed by atoms with Gasteiger partial charge in [0.1, 0.15) is 0 Å². The number of rotatable bonds is 5. The number of likely N-dealkylation sites (N-methyl/N-ethyl adjacent to an activating group) is 1. The van der Waals surface area contributed by atoms with E-state index >= 15 is 0 Å². The number of nitrogens with one attached hydrogen (secondary N) is 1. The zero-order valence-corrected chi connectivity index (χ0v) is 13.6. The van der Waals surface area contributed by atoms with E-state index in [1.807, 2.05) is 0 Å². The van der Waals surface area contributed by atoms with E-state index in [4.69, 9.17) is 5.11 Å². The minimum absolute atomic E-state index is 0.0320. The van der Waals surface area contributed by atoms with E-state index in [9.17, 15) is 19.7 Å². The highest BCUT2D eigenvalue weighted by Gasteiger charge is 2.42. The maximum absolute atomic E-state index is 12.8. The van der Waals surface area contributed by atoms with Gasteiger partial charge in [0.15, 0.2) is 0 Å². The van der Waals surface area contributed by atoms with Crippen molar-refractivity contribution in [2.45, 2.75) is 12.5 Å². The molecule has 25 heavy (non-hydrogen) atoms. The van der Waals surface area contributed by atoms with E-state index < -0.39 is 11.0 Å².